The van der Waals surface area contributed by atoms with Crippen molar-refractivity contribution in [2.24, 2.45) is 11.7 Å². The smallest absolute Gasteiger partial charge is 0.273 e. The van der Waals surface area contributed by atoms with E-state index in [-0.39, 0.29) is 42.3 Å². The van der Waals surface area contributed by atoms with E-state index in [2.05, 4.69) is 5.32 Å². The number of halogens is 1. The summed E-state index contributed by atoms with van der Waals surface area (Å²) in [6.07, 6.45) is 0. The van der Waals surface area contributed by atoms with E-state index in [0.717, 1.165) is 0 Å². The van der Waals surface area contributed by atoms with Crippen LogP contribution in [-0.4, -0.2) is 29.5 Å². The second kappa shape index (κ2) is 8.55. The first-order chi connectivity index (χ1) is 9.78. The quantitative estimate of drug-likeness (QED) is 0.586. The van der Waals surface area contributed by atoms with Crippen LogP contribution in [0.1, 0.15) is 20.8 Å². The van der Waals surface area contributed by atoms with Gasteiger partial charge in [0.1, 0.15) is 5.75 Å². The third-order valence-electron chi connectivity index (χ3n) is 3.52. The molecule has 0 radical (unpaired) electrons. The Morgan fingerprint density at radius 1 is 1.50 bits per heavy atom. The summed E-state index contributed by atoms with van der Waals surface area (Å²) in [7, 11) is 0. The maximum atomic E-state index is 11.9. The molecule has 0 fully saturated rings. The van der Waals surface area contributed by atoms with Crippen molar-refractivity contribution in [1.82, 2.24) is 5.32 Å². The molecule has 8 heteroatoms. The van der Waals surface area contributed by atoms with Gasteiger partial charge in [-0.05, 0) is 18.9 Å². The number of nitrogens with one attached hydrogen (secondary N) is 1. The summed E-state index contributed by atoms with van der Waals surface area (Å²) >= 11 is 0. The minimum Gasteiger partial charge on any atom is -0.484 e. The molecular weight excluding hydrogens is 310 g/mol. The molecule has 1 atom stereocenters. The number of nitrogens with zero attached hydrogens (tertiary/aromatic N) is 1. The summed E-state index contributed by atoms with van der Waals surface area (Å²) in [5, 5.41) is 13.5. The second-order valence-corrected chi connectivity index (χ2v) is 5.37. The highest BCUT2D eigenvalue weighted by molar-refractivity contribution is 5.85. The summed E-state index contributed by atoms with van der Waals surface area (Å²) < 4.78 is 5.27. The van der Waals surface area contributed by atoms with E-state index in [4.69, 9.17) is 10.5 Å². The molecule has 1 amide bonds. The first-order valence-electron chi connectivity index (χ1n) is 6.67. The number of hydrogen-bond acceptors (Lipinski definition) is 5. The molecule has 0 saturated carbocycles. The standard InChI is InChI=1S/C14H21N3O4.ClH/c1-10(2)14(3,9-15)16-13(18)8-21-12-6-4-5-11(7-12)17(19)20;/h4-7,10H,8-9,15H2,1-3H3,(H,16,18);1H. The Morgan fingerprint density at radius 2 is 2.14 bits per heavy atom. The minimum absolute atomic E-state index is 0. The van der Waals surface area contributed by atoms with E-state index >= 15 is 0 Å². The zero-order valence-corrected chi connectivity index (χ0v) is 13.7. The third-order valence-corrected chi connectivity index (χ3v) is 3.52. The van der Waals surface area contributed by atoms with Gasteiger partial charge in [0.05, 0.1) is 16.5 Å². The van der Waals surface area contributed by atoms with E-state index in [0.29, 0.717) is 6.54 Å². The number of benzene rings is 1. The van der Waals surface area contributed by atoms with Gasteiger partial charge in [0.15, 0.2) is 6.61 Å². The predicted molar refractivity (Wildman–Crippen MR) is 86.3 cm³/mol. The normalized spacial score (nSPS) is 13.0. The van der Waals surface area contributed by atoms with E-state index in [1.54, 1.807) is 6.07 Å². The maximum Gasteiger partial charge on any atom is 0.273 e. The Labute approximate surface area is 135 Å². The van der Waals surface area contributed by atoms with Crippen LogP contribution in [0.25, 0.3) is 0 Å². The van der Waals surface area contributed by atoms with Gasteiger partial charge >= 0.3 is 0 Å². The zero-order valence-electron chi connectivity index (χ0n) is 12.9. The largest absolute Gasteiger partial charge is 0.484 e. The summed E-state index contributed by atoms with van der Waals surface area (Å²) in [5.41, 5.74) is 5.09. The molecule has 0 saturated heterocycles. The molecule has 0 spiro atoms. The fraction of sp³-hybridized carbons (Fsp3) is 0.500. The Kier molecular flexibility index (Phi) is 7.83. The molecule has 124 valence electrons. The van der Waals surface area contributed by atoms with Crippen LogP contribution in [0.5, 0.6) is 5.75 Å². The number of nitro groups is 1. The minimum atomic E-state index is -0.517. The molecule has 0 heterocycles. The van der Waals surface area contributed by atoms with Crippen molar-refractivity contribution in [2.75, 3.05) is 13.2 Å². The van der Waals surface area contributed by atoms with E-state index in [1.165, 1.54) is 18.2 Å². The van der Waals surface area contributed by atoms with Gasteiger partial charge in [-0.2, -0.15) is 0 Å². The fourth-order valence-electron chi connectivity index (χ4n) is 1.62. The molecular formula is C14H22ClN3O4. The van der Waals surface area contributed by atoms with Crippen LogP contribution in [0.4, 0.5) is 5.69 Å². The van der Waals surface area contributed by atoms with Crippen LogP contribution in [0.15, 0.2) is 24.3 Å². The van der Waals surface area contributed by atoms with Crippen molar-refractivity contribution >= 4 is 24.0 Å². The maximum absolute atomic E-state index is 11.9. The number of rotatable bonds is 7. The summed E-state index contributed by atoms with van der Waals surface area (Å²) in [4.78, 5) is 22.0. The number of amides is 1. The number of non-ortho nitro benzene ring substituents is 1. The number of ether oxygens (including phenoxy) is 1. The molecule has 0 aliphatic heterocycles. The van der Waals surface area contributed by atoms with Crippen molar-refractivity contribution < 1.29 is 14.5 Å². The van der Waals surface area contributed by atoms with Gasteiger partial charge in [-0.15, -0.1) is 12.4 Å². The average Bonchev–Trinajstić information content (AvgIpc) is 2.45. The van der Waals surface area contributed by atoms with Gasteiger partial charge in [-0.1, -0.05) is 19.9 Å². The molecule has 0 bridgehead atoms. The Balaban J connectivity index is 0.00000441. The lowest BCUT2D eigenvalue weighted by molar-refractivity contribution is -0.384. The number of nitrogens with two attached hydrogens (primary N) is 1. The molecule has 0 aliphatic carbocycles. The molecule has 7 nitrogen and oxygen atoms in total. The van der Waals surface area contributed by atoms with Gasteiger partial charge in [0, 0.05) is 12.6 Å². The highest BCUT2D eigenvalue weighted by Crippen LogP contribution is 2.19. The highest BCUT2D eigenvalue weighted by atomic mass is 35.5. The van der Waals surface area contributed by atoms with E-state index in [1.807, 2.05) is 20.8 Å². The van der Waals surface area contributed by atoms with Gasteiger partial charge < -0.3 is 15.8 Å². The van der Waals surface area contributed by atoms with Crippen molar-refractivity contribution in [3.8, 4) is 5.75 Å². The van der Waals surface area contributed by atoms with Crippen LogP contribution in [0, 0.1) is 16.0 Å². The first-order valence-corrected chi connectivity index (χ1v) is 6.67. The van der Waals surface area contributed by atoms with Crippen LogP contribution in [0.2, 0.25) is 0 Å². The van der Waals surface area contributed by atoms with E-state index in [9.17, 15) is 14.9 Å². The molecule has 3 N–H and O–H groups in total. The van der Waals surface area contributed by atoms with Gasteiger partial charge in [0.2, 0.25) is 0 Å². The van der Waals surface area contributed by atoms with Crippen LogP contribution >= 0.6 is 12.4 Å². The summed E-state index contributed by atoms with van der Waals surface area (Å²) in [6.45, 7) is 5.89. The van der Waals surface area contributed by atoms with Crippen LogP contribution in [-0.2, 0) is 4.79 Å². The molecule has 1 rings (SSSR count). The van der Waals surface area contributed by atoms with Crippen LogP contribution in [0.3, 0.4) is 0 Å². The van der Waals surface area contributed by atoms with Crippen molar-refractivity contribution in [1.29, 1.82) is 0 Å². The number of hydrogen-bond donors (Lipinski definition) is 2. The number of nitro benzene ring substituents is 1. The third kappa shape index (κ3) is 5.50. The topological polar surface area (TPSA) is 107 Å². The molecule has 1 aromatic carbocycles. The SMILES string of the molecule is CC(C)C(C)(CN)NC(=O)COc1cccc([N+](=O)[O-])c1.Cl. The Hall–Kier alpha value is -1.86. The van der Waals surface area contributed by atoms with Crippen molar-refractivity contribution in [2.45, 2.75) is 26.3 Å². The predicted octanol–water partition coefficient (Wildman–Crippen LogP) is 1.89. The van der Waals surface area contributed by atoms with Gasteiger partial charge in [0.25, 0.3) is 11.6 Å². The second-order valence-electron chi connectivity index (χ2n) is 5.37. The lowest BCUT2D eigenvalue weighted by atomic mass is 9.88. The molecule has 0 aromatic heterocycles. The average molecular weight is 332 g/mol. The number of carbonyl (C=O) groups is 1. The molecule has 22 heavy (non-hydrogen) atoms. The lowest BCUT2D eigenvalue weighted by Gasteiger charge is -2.33. The Morgan fingerprint density at radius 3 is 2.64 bits per heavy atom. The molecule has 0 aliphatic rings. The van der Waals surface area contributed by atoms with Crippen LogP contribution < -0.4 is 15.8 Å². The zero-order chi connectivity index (χ0) is 16.0. The summed E-state index contributed by atoms with van der Waals surface area (Å²) in [6, 6.07) is 5.70. The lowest BCUT2D eigenvalue weighted by Crippen LogP contribution is -2.56. The Bertz CT molecular complexity index is 525. The number of carbonyl (C=O) groups excluding carboxylic acids is 1. The fourth-order valence-corrected chi connectivity index (χ4v) is 1.62. The monoisotopic (exact) mass is 331 g/mol. The molecule has 1 unspecified atom stereocenters. The molecule has 1 aromatic rings. The van der Waals surface area contributed by atoms with Crippen molar-refractivity contribution in [3.63, 3.8) is 0 Å². The highest BCUT2D eigenvalue weighted by Gasteiger charge is 2.28. The van der Waals surface area contributed by atoms with Crippen molar-refractivity contribution in [3.05, 3.63) is 34.4 Å². The first kappa shape index (κ1) is 20.1. The van der Waals surface area contributed by atoms with E-state index < -0.39 is 10.5 Å². The summed E-state index contributed by atoms with van der Waals surface area (Å²) in [5.74, 6) is 0.130. The van der Waals surface area contributed by atoms with Gasteiger partial charge in [-0.3, -0.25) is 14.9 Å². The van der Waals surface area contributed by atoms with Gasteiger partial charge in [-0.25, -0.2) is 0 Å².